The van der Waals surface area contributed by atoms with Crippen LogP contribution in [0.4, 0.5) is 0 Å². The van der Waals surface area contributed by atoms with Crippen molar-refractivity contribution in [3.05, 3.63) is 36.4 Å². The summed E-state index contributed by atoms with van der Waals surface area (Å²) in [6.07, 6.45) is 0. The molecule has 0 spiro atoms. The third-order valence-electron chi connectivity index (χ3n) is 0.667. The lowest BCUT2D eigenvalue weighted by Crippen LogP contribution is -1.47. The normalized spacial score (nSPS) is 6.00. The zero-order chi connectivity index (χ0) is 4.24. The van der Waals surface area contributed by atoms with Crippen molar-refractivity contribution in [2.45, 2.75) is 0 Å². The Labute approximate surface area is 59.3 Å². The van der Waals surface area contributed by atoms with Crippen LogP contribution in [0, 0.1) is 0 Å². The Morgan fingerprint density at radius 3 is 0.750 bits per heavy atom. The Morgan fingerprint density at radius 1 is 0.500 bits per heavy atom. The van der Waals surface area contributed by atoms with Gasteiger partial charge < -0.3 is 0 Å². The molecule has 0 aliphatic carbocycles. The van der Waals surface area contributed by atoms with Crippen molar-refractivity contribution in [2.75, 3.05) is 0 Å². The predicted octanol–water partition coefficient (Wildman–Crippen LogP) is 2.17. The quantitative estimate of drug-likeness (QED) is 0.495. The minimum Gasteiger partial charge on any atom is -0.153 e. The zero-order valence-corrected chi connectivity index (χ0v) is 6.81. The largest absolute Gasteiger partial charge is 0.153 e. The summed E-state index contributed by atoms with van der Waals surface area (Å²) in [5.74, 6) is 0. The standard InChI is InChI=1S/C6H6.ClH.H3P/c1-2-4-6-5-3-1;;/h1-6H;1H;1H3. The van der Waals surface area contributed by atoms with Crippen LogP contribution in [-0.2, 0) is 0 Å². The van der Waals surface area contributed by atoms with Crippen LogP contribution in [0.25, 0.3) is 0 Å². The van der Waals surface area contributed by atoms with E-state index in [-0.39, 0.29) is 22.3 Å². The minimum absolute atomic E-state index is 0. The van der Waals surface area contributed by atoms with Crippen molar-refractivity contribution in [2.24, 2.45) is 0 Å². The fourth-order valence-corrected chi connectivity index (χ4v) is 0.385. The molecular formula is C6H10ClP. The van der Waals surface area contributed by atoms with Gasteiger partial charge in [-0.25, -0.2) is 0 Å². The number of benzene rings is 1. The second-order valence-corrected chi connectivity index (χ2v) is 1.15. The van der Waals surface area contributed by atoms with Crippen LogP contribution in [0.5, 0.6) is 0 Å². The maximum atomic E-state index is 2.00. The lowest BCUT2D eigenvalue weighted by Gasteiger charge is -1.69. The second kappa shape index (κ2) is 6.94. The van der Waals surface area contributed by atoms with Crippen LogP contribution < -0.4 is 0 Å². The molecule has 0 saturated heterocycles. The number of halogens is 1. The van der Waals surface area contributed by atoms with E-state index in [9.17, 15) is 0 Å². The molecule has 1 aromatic carbocycles. The molecule has 0 saturated carbocycles. The fraction of sp³-hybridized carbons (Fsp3) is 0. The molecule has 1 rings (SSSR count). The third kappa shape index (κ3) is 4.11. The van der Waals surface area contributed by atoms with Gasteiger partial charge in [0.05, 0.1) is 0 Å². The van der Waals surface area contributed by atoms with E-state index in [2.05, 4.69) is 0 Å². The lowest BCUT2D eigenvalue weighted by atomic mass is 10.4. The Kier molecular flexibility index (Phi) is 9.40. The zero-order valence-electron chi connectivity index (χ0n) is 4.58. The van der Waals surface area contributed by atoms with Gasteiger partial charge in [-0.3, -0.25) is 0 Å². The molecule has 1 atom stereocenters. The van der Waals surface area contributed by atoms with E-state index in [0.29, 0.717) is 0 Å². The van der Waals surface area contributed by atoms with Crippen LogP contribution in [0.2, 0.25) is 0 Å². The van der Waals surface area contributed by atoms with Crippen LogP contribution in [0.3, 0.4) is 0 Å². The highest BCUT2D eigenvalue weighted by Crippen LogP contribution is 1.79. The first-order chi connectivity index (χ1) is 3.00. The van der Waals surface area contributed by atoms with E-state index < -0.39 is 0 Å². The van der Waals surface area contributed by atoms with Gasteiger partial charge >= 0.3 is 0 Å². The molecule has 0 bridgehead atoms. The summed E-state index contributed by atoms with van der Waals surface area (Å²) in [6, 6.07) is 12.0. The molecular weight excluding hydrogens is 138 g/mol. The molecule has 8 heavy (non-hydrogen) atoms. The van der Waals surface area contributed by atoms with E-state index in [1.165, 1.54) is 0 Å². The molecule has 0 aliphatic heterocycles. The summed E-state index contributed by atoms with van der Waals surface area (Å²) in [4.78, 5) is 0. The van der Waals surface area contributed by atoms with Gasteiger partial charge in [0.2, 0.25) is 0 Å². The summed E-state index contributed by atoms with van der Waals surface area (Å²) in [5.41, 5.74) is 0. The van der Waals surface area contributed by atoms with Gasteiger partial charge in [-0.2, -0.15) is 9.90 Å². The first-order valence-electron chi connectivity index (χ1n) is 2.00. The van der Waals surface area contributed by atoms with Gasteiger partial charge in [0.1, 0.15) is 0 Å². The molecule has 0 N–H and O–H groups in total. The summed E-state index contributed by atoms with van der Waals surface area (Å²) in [5, 5.41) is 0. The maximum absolute atomic E-state index is 2.00. The van der Waals surface area contributed by atoms with Crippen molar-refractivity contribution in [1.29, 1.82) is 0 Å². The Morgan fingerprint density at radius 2 is 0.625 bits per heavy atom. The average Bonchev–Trinajstić information content (AvgIpc) is 1.72. The molecule has 0 aromatic heterocycles. The maximum Gasteiger partial charge on any atom is -0.0623 e. The van der Waals surface area contributed by atoms with Crippen molar-refractivity contribution in [3.8, 4) is 0 Å². The molecule has 0 aliphatic rings. The summed E-state index contributed by atoms with van der Waals surface area (Å²) >= 11 is 0. The highest BCUT2D eigenvalue weighted by molar-refractivity contribution is 6.92. The van der Waals surface area contributed by atoms with E-state index in [4.69, 9.17) is 0 Å². The van der Waals surface area contributed by atoms with Crippen LogP contribution in [0.15, 0.2) is 36.4 Å². The first-order valence-corrected chi connectivity index (χ1v) is 2.00. The molecule has 46 valence electrons. The van der Waals surface area contributed by atoms with E-state index in [1.807, 2.05) is 36.4 Å². The van der Waals surface area contributed by atoms with Crippen molar-refractivity contribution < 1.29 is 0 Å². The first kappa shape index (κ1) is 10.8. The molecule has 1 aromatic rings. The van der Waals surface area contributed by atoms with Gasteiger partial charge in [-0.1, -0.05) is 36.4 Å². The molecule has 2 heteroatoms. The number of hydrogen-bond donors (Lipinski definition) is 0. The van der Waals surface area contributed by atoms with Gasteiger partial charge in [0, 0.05) is 0 Å². The van der Waals surface area contributed by atoms with E-state index >= 15 is 0 Å². The summed E-state index contributed by atoms with van der Waals surface area (Å²) in [7, 11) is 0. The second-order valence-electron chi connectivity index (χ2n) is 1.15. The minimum atomic E-state index is 0. The van der Waals surface area contributed by atoms with E-state index in [0.717, 1.165) is 0 Å². The van der Waals surface area contributed by atoms with Crippen molar-refractivity contribution in [1.82, 2.24) is 0 Å². The Hall–Kier alpha value is -0.0600. The van der Waals surface area contributed by atoms with Gasteiger partial charge in [0.15, 0.2) is 0 Å². The van der Waals surface area contributed by atoms with Gasteiger partial charge in [-0.05, 0) is 0 Å². The molecule has 0 amide bonds. The highest BCUT2D eigenvalue weighted by Gasteiger charge is 1.57. The van der Waals surface area contributed by atoms with Crippen molar-refractivity contribution in [3.63, 3.8) is 0 Å². The SMILES string of the molecule is Cl.P.c1ccccc1. The highest BCUT2D eigenvalue weighted by atomic mass is 35.5. The summed E-state index contributed by atoms with van der Waals surface area (Å²) in [6.45, 7) is 0. The molecule has 0 radical (unpaired) electrons. The number of hydrogen-bond acceptors (Lipinski definition) is 0. The molecule has 0 fully saturated rings. The van der Waals surface area contributed by atoms with Crippen molar-refractivity contribution >= 4 is 22.3 Å². The number of rotatable bonds is 0. The monoisotopic (exact) mass is 148 g/mol. The Bertz CT molecular complexity index is 80.5. The third-order valence-corrected chi connectivity index (χ3v) is 0.667. The van der Waals surface area contributed by atoms with Crippen LogP contribution >= 0.6 is 22.3 Å². The fourth-order valence-electron chi connectivity index (χ4n) is 0.385. The predicted molar refractivity (Wildman–Crippen MR) is 44.8 cm³/mol. The van der Waals surface area contributed by atoms with Crippen LogP contribution in [0.1, 0.15) is 0 Å². The average molecular weight is 149 g/mol. The van der Waals surface area contributed by atoms with E-state index in [1.54, 1.807) is 0 Å². The smallest absolute Gasteiger partial charge is 0.0623 e. The van der Waals surface area contributed by atoms with Crippen LogP contribution in [-0.4, -0.2) is 0 Å². The Balaban J connectivity index is 0. The summed E-state index contributed by atoms with van der Waals surface area (Å²) < 4.78 is 0. The molecule has 0 heterocycles. The lowest BCUT2D eigenvalue weighted by molar-refractivity contribution is 1.72. The van der Waals surface area contributed by atoms with Gasteiger partial charge in [-0.15, -0.1) is 12.4 Å². The van der Waals surface area contributed by atoms with Gasteiger partial charge in [0.25, 0.3) is 0 Å². The molecule has 0 nitrogen and oxygen atoms in total. The topological polar surface area (TPSA) is 0 Å². The molecule has 1 unspecified atom stereocenters.